The zero-order valence-electron chi connectivity index (χ0n) is 9.54. The molecule has 0 fully saturated rings. The second-order valence-corrected chi connectivity index (χ2v) is 6.17. The number of halogens is 3. The summed E-state index contributed by atoms with van der Waals surface area (Å²) in [5, 5.41) is 0. The molecule has 4 heteroatoms. The average Bonchev–Trinajstić information content (AvgIpc) is 2.32. The van der Waals surface area contributed by atoms with Gasteiger partial charge in [0.2, 0.25) is 0 Å². The average molecular weight is 420 g/mol. The van der Waals surface area contributed by atoms with Crippen LogP contribution in [-0.4, -0.2) is 0 Å². The summed E-state index contributed by atoms with van der Waals surface area (Å²) >= 11 is 5.61. The van der Waals surface area contributed by atoms with Gasteiger partial charge in [0, 0.05) is 19.6 Å². The lowest BCUT2D eigenvalue weighted by Crippen LogP contribution is -2.15. The van der Waals surface area contributed by atoms with Gasteiger partial charge in [-0.05, 0) is 58.8 Å². The van der Waals surface area contributed by atoms with Gasteiger partial charge < -0.3 is 5.73 Å². The molecule has 1 nitrogen and oxygen atoms in total. The first-order chi connectivity index (χ1) is 8.58. The zero-order valence-corrected chi connectivity index (χ0v) is 13.3. The summed E-state index contributed by atoms with van der Waals surface area (Å²) < 4.78 is 15.7. The fraction of sp³-hybridized carbons (Fsp3) is 0.143. The van der Waals surface area contributed by atoms with Crippen LogP contribution in [0.5, 0.6) is 0 Å². The molecule has 94 valence electrons. The van der Waals surface area contributed by atoms with Gasteiger partial charge in [0.15, 0.2) is 0 Å². The van der Waals surface area contributed by atoms with Crippen molar-refractivity contribution in [2.24, 2.45) is 5.73 Å². The lowest BCUT2D eigenvalue weighted by atomic mass is 9.99. The summed E-state index contributed by atoms with van der Waals surface area (Å²) in [5.41, 5.74) is 7.74. The fourth-order valence-corrected chi connectivity index (χ4v) is 2.84. The Bertz CT molecular complexity index is 522. The minimum absolute atomic E-state index is 0.262. The van der Waals surface area contributed by atoms with Crippen molar-refractivity contribution < 1.29 is 4.39 Å². The van der Waals surface area contributed by atoms with E-state index in [0.29, 0.717) is 12.0 Å². The van der Waals surface area contributed by atoms with Gasteiger partial charge in [-0.1, -0.05) is 34.1 Å². The molecule has 2 aromatic rings. The van der Waals surface area contributed by atoms with Crippen LogP contribution in [0.2, 0.25) is 0 Å². The fourth-order valence-electron chi connectivity index (χ4n) is 1.84. The van der Waals surface area contributed by atoms with Gasteiger partial charge in [-0.25, -0.2) is 4.39 Å². The van der Waals surface area contributed by atoms with Gasteiger partial charge >= 0.3 is 0 Å². The van der Waals surface area contributed by atoms with Crippen LogP contribution in [0.1, 0.15) is 17.2 Å². The highest BCUT2D eigenvalue weighted by molar-refractivity contribution is 14.1. The molecule has 0 amide bonds. The van der Waals surface area contributed by atoms with Crippen molar-refractivity contribution in [3.8, 4) is 0 Å². The number of rotatable bonds is 3. The monoisotopic (exact) mass is 419 g/mol. The lowest BCUT2D eigenvalue weighted by molar-refractivity contribution is 0.578. The maximum absolute atomic E-state index is 13.8. The van der Waals surface area contributed by atoms with E-state index in [-0.39, 0.29) is 11.9 Å². The number of nitrogens with two attached hydrogens (primary N) is 1. The van der Waals surface area contributed by atoms with Gasteiger partial charge in [-0.2, -0.15) is 0 Å². The van der Waals surface area contributed by atoms with Gasteiger partial charge in [-0.3, -0.25) is 0 Å². The Kier molecular flexibility index (Phi) is 4.75. The van der Waals surface area contributed by atoms with Crippen molar-refractivity contribution in [1.29, 1.82) is 0 Å². The summed E-state index contributed by atoms with van der Waals surface area (Å²) in [7, 11) is 0. The van der Waals surface area contributed by atoms with E-state index in [4.69, 9.17) is 5.73 Å². The minimum atomic E-state index is -0.347. The lowest BCUT2D eigenvalue weighted by Gasteiger charge is -2.15. The predicted molar refractivity (Wildman–Crippen MR) is 83.9 cm³/mol. The Morgan fingerprint density at radius 2 is 1.83 bits per heavy atom. The molecule has 1 atom stereocenters. The Morgan fingerprint density at radius 1 is 1.17 bits per heavy atom. The molecule has 0 saturated heterocycles. The Morgan fingerprint density at radius 3 is 2.44 bits per heavy atom. The standard InChI is InChI=1S/C14H12BrFIN/c15-11-2-1-3-12(16)14(11)13(18)8-9-4-6-10(17)7-5-9/h1-7,13H,8,18H2. The summed E-state index contributed by atoms with van der Waals surface area (Å²) in [6.45, 7) is 0. The summed E-state index contributed by atoms with van der Waals surface area (Å²) in [6, 6.07) is 12.7. The van der Waals surface area contributed by atoms with Crippen LogP contribution in [0.25, 0.3) is 0 Å². The van der Waals surface area contributed by atoms with Gasteiger partial charge in [0.25, 0.3) is 0 Å². The number of hydrogen-bond donors (Lipinski definition) is 1. The third-order valence-corrected chi connectivity index (χ3v) is 4.15. The summed E-state index contributed by atoms with van der Waals surface area (Å²) in [6.07, 6.45) is 0.621. The van der Waals surface area contributed by atoms with E-state index in [0.717, 1.165) is 10.0 Å². The molecule has 0 aliphatic rings. The highest BCUT2D eigenvalue weighted by Gasteiger charge is 2.15. The van der Waals surface area contributed by atoms with Crippen molar-refractivity contribution in [2.75, 3.05) is 0 Å². The SMILES string of the molecule is NC(Cc1ccc(I)cc1)c1c(F)cccc1Br. The second-order valence-electron chi connectivity index (χ2n) is 4.07. The summed E-state index contributed by atoms with van der Waals surface area (Å²) in [4.78, 5) is 0. The third-order valence-electron chi connectivity index (χ3n) is 2.74. The second kappa shape index (κ2) is 6.12. The van der Waals surface area contributed by atoms with E-state index >= 15 is 0 Å². The Labute approximate surface area is 128 Å². The van der Waals surface area contributed by atoms with Crippen molar-refractivity contribution >= 4 is 38.5 Å². The van der Waals surface area contributed by atoms with Gasteiger partial charge in [0.1, 0.15) is 5.82 Å². The van der Waals surface area contributed by atoms with Crippen molar-refractivity contribution in [3.05, 3.63) is 67.5 Å². The van der Waals surface area contributed by atoms with Crippen LogP contribution in [0.4, 0.5) is 4.39 Å². The molecular formula is C14H12BrFIN. The predicted octanol–water partition coefficient (Wildman–Crippen LogP) is 4.44. The molecule has 2 N–H and O–H groups in total. The zero-order chi connectivity index (χ0) is 13.1. The molecule has 0 heterocycles. The van der Waals surface area contributed by atoms with Crippen molar-refractivity contribution in [3.63, 3.8) is 0 Å². The first-order valence-electron chi connectivity index (χ1n) is 5.52. The third kappa shape index (κ3) is 3.30. The van der Waals surface area contributed by atoms with Crippen LogP contribution in [0.15, 0.2) is 46.9 Å². The molecule has 18 heavy (non-hydrogen) atoms. The molecule has 0 bridgehead atoms. The highest BCUT2D eigenvalue weighted by atomic mass is 127. The first kappa shape index (κ1) is 14.0. The molecule has 0 aliphatic heterocycles. The summed E-state index contributed by atoms with van der Waals surface area (Å²) in [5.74, 6) is -0.262. The van der Waals surface area contributed by atoms with E-state index < -0.39 is 0 Å². The van der Waals surface area contributed by atoms with E-state index in [1.54, 1.807) is 6.07 Å². The van der Waals surface area contributed by atoms with Crippen LogP contribution >= 0.6 is 38.5 Å². The number of hydrogen-bond acceptors (Lipinski definition) is 1. The largest absolute Gasteiger partial charge is 0.324 e. The van der Waals surface area contributed by atoms with Crippen LogP contribution in [-0.2, 0) is 6.42 Å². The number of benzene rings is 2. The maximum atomic E-state index is 13.8. The normalized spacial score (nSPS) is 12.4. The Balaban J connectivity index is 2.22. The van der Waals surface area contributed by atoms with Crippen LogP contribution in [0.3, 0.4) is 0 Å². The Hall–Kier alpha value is -0.460. The van der Waals surface area contributed by atoms with Gasteiger partial charge in [0.05, 0.1) is 0 Å². The molecule has 2 aromatic carbocycles. The van der Waals surface area contributed by atoms with Crippen LogP contribution < -0.4 is 5.73 Å². The molecule has 1 unspecified atom stereocenters. The topological polar surface area (TPSA) is 26.0 Å². The smallest absolute Gasteiger partial charge is 0.129 e. The molecule has 0 aliphatic carbocycles. The molecule has 0 radical (unpaired) electrons. The highest BCUT2D eigenvalue weighted by Crippen LogP contribution is 2.27. The molecular weight excluding hydrogens is 408 g/mol. The van der Waals surface area contributed by atoms with E-state index in [1.807, 2.05) is 30.3 Å². The molecule has 0 spiro atoms. The minimum Gasteiger partial charge on any atom is -0.324 e. The first-order valence-corrected chi connectivity index (χ1v) is 7.39. The van der Waals surface area contributed by atoms with E-state index in [9.17, 15) is 4.39 Å². The molecule has 0 aromatic heterocycles. The molecule has 2 rings (SSSR count). The van der Waals surface area contributed by atoms with Crippen molar-refractivity contribution in [2.45, 2.75) is 12.5 Å². The van der Waals surface area contributed by atoms with Crippen molar-refractivity contribution in [1.82, 2.24) is 0 Å². The quantitative estimate of drug-likeness (QED) is 0.731. The van der Waals surface area contributed by atoms with Gasteiger partial charge in [-0.15, -0.1) is 0 Å². The molecule has 0 saturated carbocycles. The van der Waals surface area contributed by atoms with Crippen LogP contribution in [0, 0.1) is 9.39 Å². The maximum Gasteiger partial charge on any atom is 0.129 e. The van der Waals surface area contributed by atoms with E-state index in [1.165, 1.54) is 9.64 Å². The van der Waals surface area contributed by atoms with E-state index in [2.05, 4.69) is 38.5 Å².